The van der Waals surface area contributed by atoms with E-state index < -0.39 is 58.3 Å². The van der Waals surface area contributed by atoms with Gasteiger partial charge in [-0.1, -0.05) is 24.3 Å². The summed E-state index contributed by atoms with van der Waals surface area (Å²) in [7, 11) is 0. The molecule has 0 bridgehead atoms. The second kappa shape index (κ2) is 12.6. The van der Waals surface area contributed by atoms with Gasteiger partial charge in [0.25, 0.3) is 0 Å². The van der Waals surface area contributed by atoms with Crippen molar-refractivity contribution >= 4 is 11.9 Å². The highest BCUT2D eigenvalue weighted by molar-refractivity contribution is 5.91. The predicted octanol–water partition coefficient (Wildman–Crippen LogP) is 8.54. The van der Waals surface area contributed by atoms with Crippen LogP contribution in [0.5, 0.6) is 34.5 Å². The van der Waals surface area contributed by atoms with Gasteiger partial charge in [-0.25, -0.2) is 18.4 Å². The third-order valence-electron chi connectivity index (χ3n) is 5.78. The van der Waals surface area contributed by atoms with Crippen molar-refractivity contribution in [2.24, 2.45) is 0 Å². The van der Waals surface area contributed by atoms with Crippen LogP contribution in [0.4, 0.5) is 26.3 Å². The SMILES string of the molecule is O=C(Oc1cccc(Oc2c(F)c(F)c(Oc3cccc(OC(=O)c4cccc(F)c4)c3)c(F)c2F)c1)c1cccc(F)c1. The zero-order valence-corrected chi connectivity index (χ0v) is 22.0. The van der Waals surface area contributed by atoms with Gasteiger partial charge in [-0.05, 0) is 60.7 Å². The van der Waals surface area contributed by atoms with Crippen molar-refractivity contribution in [3.63, 3.8) is 0 Å². The van der Waals surface area contributed by atoms with Crippen LogP contribution in [0.15, 0.2) is 97.1 Å². The van der Waals surface area contributed by atoms with Crippen LogP contribution in [0.25, 0.3) is 0 Å². The lowest BCUT2D eigenvalue weighted by atomic mass is 10.2. The van der Waals surface area contributed by atoms with Crippen LogP contribution in [0.1, 0.15) is 20.7 Å². The van der Waals surface area contributed by atoms with Gasteiger partial charge in [0, 0.05) is 12.1 Å². The molecule has 0 saturated carbocycles. The molecule has 0 aliphatic rings. The number of carbonyl (C=O) groups excluding carboxylic acids is 2. The Hall–Kier alpha value is -5.78. The number of benzene rings is 5. The average molecular weight is 610 g/mol. The van der Waals surface area contributed by atoms with Crippen molar-refractivity contribution < 1.29 is 54.9 Å². The maximum atomic E-state index is 14.9. The van der Waals surface area contributed by atoms with E-state index in [0.29, 0.717) is 0 Å². The molecule has 0 aromatic heterocycles. The summed E-state index contributed by atoms with van der Waals surface area (Å²) in [5.41, 5.74) is -0.244. The number of hydrogen-bond acceptors (Lipinski definition) is 6. The zero-order valence-electron chi connectivity index (χ0n) is 22.0. The minimum Gasteiger partial charge on any atom is -0.451 e. The Bertz CT molecular complexity index is 1730. The van der Waals surface area contributed by atoms with Crippen molar-refractivity contribution in [2.75, 3.05) is 0 Å². The summed E-state index contributed by atoms with van der Waals surface area (Å²) in [6.07, 6.45) is 0. The molecule has 5 rings (SSSR count). The van der Waals surface area contributed by atoms with Crippen molar-refractivity contribution in [3.8, 4) is 34.5 Å². The van der Waals surface area contributed by atoms with E-state index in [1.807, 2.05) is 0 Å². The van der Waals surface area contributed by atoms with Crippen LogP contribution < -0.4 is 18.9 Å². The molecular weight excluding hydrogens is 594 g/mol. The van der Waals surface area contributed by atoms with Gasteiger partial charge >= 0.3 is 11.9 Å². The first-order valence-electron chi connectivity index (χ1n) is 12.5. The fourth-order valence-electron chi connectivity index (χ4n) is 3.77. The topological polar surface area (TPSA) is 71.1 Å². The molecule has 0 amide bonds. The molecule has 0 unspecified atom stereocenters. The molecule has 0 saturated heterocycles. The molecule has 5 aromatic rings. The highest BCUT2D eigenvalue weighted by atomic mass is 19.2. The van der Waals surface area contributed by atoms with E-state index >= 15 is 0 Å². The van der Waals surface area contributed by atoms with Gasteiger partial charge in [-0.2, -0.15) is 17.6 Å². The predicted molar refractivity (Wildman–Crippen MR) is 142 cm³/mol. The standard InChI is InChI=1S/C32H16F6O6/c33-19-7-1-5-17(13-19)31(39)43-23-11-3-9-21(15-23)41-29-25(35)27(37)30(28(38)26(29)36)42-22-10-4-12-24(16-22)44-32(40)18-6-2-8-20(34)14-18/h1-16H. The molecule has 6 nitrogen and oxygen atoms in total. The van der Waals surface area contributed by atoms with Gasteiger partial charge in [-0.15, -0.1) is 0 Å². The molecule has 0 aliphatic heterocycles. The van der Waals surface area contributed by atoms with E-state index in [-0.39, 0.29) is 34.1 Å². The summed E-state index contributed by atoms with van der Waals surface area (Å²) in [5.74, 6) is -15.1. The first-order valence-corrected chi connectivity index (χ1v) is 12.5. The van der Waals surface area contributed by atoms with Crippen LogP contribution in [-0.4, -0.2) is 11.9 Å². The van der Waals surface area contributed by atoms with E-state index in [4.69, 9.17) is 18.9 Å². The van der Waals surface area contributed by atoms with Gasteiger partial charge in [0.05, 0.1) is 11.1 Å². The molecular formula is C32H16F6O6. The number of ether oxygens (including phenoxy) is 4. The monoisotopic (exact) mass is 610 g/mol. The second-order valence-corrected chi connectivity index (χ2v) is 8.87. The molecule has 0 aliphatic carbocycles. The Balaban J connectivity index is 1.34. The molecule has 222 valence electrons. The van der Waals surface area contributed by atoms with Crippen molar-refractivity contribution in [2.45, 2.75) is 0 Å². The number of esters is 2. The second-order valence-electron chi connectivity index (χ2n) is 8.87. The van der Waals surface area contributed by atoms with E-state index in [1.54, 1.807) is 0 Å². The van der Waals surface area contributed by atoms with Gasteiger partial charge < -0.3 is 18.9 Å². The van der Waals surface area contributed by atoms with Crippen LogP contribution in [-0.2, 0) is 0 Å². The first kappa shape index (κ1) is 29.7. The Morgan fingerprint density at radius 2 is 0.773 bits per heavy atom. The third-order valence-corrected chi connectivity index (χ3v) is 5.78. The highest BCUT2D eigenvalue weighted by Crippen LogP contribution is 2.39. The van der Waals surface area contributed by atoms with Crippen LogP contribution >= 0.6 is 0 Å². The minimum absolute atomic E-state index is 0.122. The fourth-order valence-corrected chi connectivity index (χ4v) is 3.77. The number of carbonyl (C=O) groups is 2. The molecule has 0 atom stereocenters. The number of rotatable bonds is 8. The maximum Gasteiger partial charge on any atom is 0.343 e. The summed E-state index contributed by atoms with van der Waals surface area (Å²) in [5, 5.41) is 0. The first-order chi connectivity index (χ1) is 21.1. The van der Waals surface area contributed by atoms with E-state index in [0.717, 1.165) is 48.5 Å². The largest absolute Gasteiger partial charge is 0.451 e. The Kier molecular flexibility index (Phi) is 8.51. The van der Waals surface area contributed by atoms with Gasteiger partial charge in [0.1, 0.15) is 34.6 Å². The highest BCUT2D eigenvalue weighted by Gasteiger charge is 2.29. The number of halogens is 6. The van der Waals surface area contributed by atoms with Gasteiger partial charge in [0.15, 0.2) is 0 Å². The van der Waals surface area contributed by atoms with Crippen molar-refractivity contribution in [1.29, 1.82) is 0 Å². The Morgan fingerprint density at radius 1 is 0.432 bits per heavy atom. The van der Waals surface area contributed by atoms with Crippen LogP contribution in [0.3, 0.4) is 0 Å². The quantitative estimate of drug-likeness (QED) is 0.0759. The zero-order chi connectivity index (χ0) is 31.4. The van der Waals surface area contributed by atoms with E-state index in [2.05, 4.69) is 0 Å². The summed E-state index contributed by atoms with van der Waals surface area (Å²) in [6.45, 7) is 0. The summed E-state index contributed by atoms with van der Waals surface area (Å²) in [4.78, 5) is 24.5. The lowest BCUT2D eigenvalue weighted by Gasteiger charge is -2.14. The van der Waals surface area contributed by atoms with E-state index in [1.165, 1.54) is 48.5 Å². The van der Waals surface area contributed by atoms with Crippen LogP contribution in [0.2, 0.25) is 0 Å². The molecule has 5 aromatic carbocycles. The van der Waals surface area contributed by atoms with Crippen LogP contribution in [0, 0.1) is 34.9 Å². The molecule has 0 spiro atoms. The normalized spacial score (nSPS) is 10.7. The number of hydrogen-bond donors (Lipinski definition) is 0. The summed E-state index contributed by atoms with van der Waals surface area (Å²) >= 11 is 0. The Morgan fingerprint density at radius 3 is 1.14 bits per heavy atom. The maximum absolute atomic E-state index is 14.9. The average Bonchev–Trinajstić information content (AvgIpc) is 3.01. The minimum atomic E-state index is -1.95. The molecule has 0 fully saturated rings. The van der Waals surface area contributed by atoms with Gasteiger partial charge in [-0.3, -0.25) is 0 Å². The third kappa shape index (κ3) is 6.65. The Labute approximate surface area is 244 Å². The summed E-state index contributed by atoms with van der Waals surface area (Å²) < 4.78 is 107. The smallest absolute Gasteiger partial charge is 0.343 e. The van der Waals surface area contributed by atoms with Crippen molar-refractivity contribution in [3.05, 3.63) is 143 Å². The lowest BCUT2D eigenvalue weighted by molar-refractivity contribution is 0.0724. The lowest BCUT2D eigenvalue weighted by Crippen LogP contribution is -2.09. The molecule has 44 heavy (non-hydrogen) atoms. The summed E-state index contributed by atoms with van der Waals surface area (Å²) in [6, 6.07) is 18.7. The molecule has 12 heteroatoms. The fraction of sp³-hybridized carbons (Fsp3) is 0. The van der Waals surface area contributed by atoms with Crippen molar-refractivity contribution in [1.82, 2.24) is 0 Å². The molecule has 0 N–H and O–H groups in total. The van der Waals surface area contributed by atoms with E-state index in [9.17, 15) is 35.9 Å². The van der Waals surface area contributed by atoms with Gasteiger partial charge in [0.2, 0.25) is 34.8 Å². The molecule has 0 heterocycles. The molecule has 0 radical (unpaired) electrons.